The minimum atomic E-state index is 0.410. The Labute approximate surface area is 174 Å². The number of fused-ring (bicyclic) bond motifs is 1. The molecule has 0 amide bonds. The summed E-state index contributed by atoms with van der Waals surface area (Å²) in [6.07, 6.45) is 1.16. The van der Waals surface area contributed by atoms with Gasteiger partial charge in [0.25, 0.3) is 0 Å². The molecule has 0 bridgehead atoms. The topological polar surface area (TPSA) is 37.0 Å². The number of methoxy groups -OCH3 is 2. The molecule has 1 N–H and O–H groups in total. The average molecular weight is 396 g/mol. The van der Waals surface area contributed by atoms with Gasteiger partial charge in [-0.05, 0) is 42.0 Å². The highest BCUT2D eigenvalue weighted by atomic mass is 16.5. The molecule has 2 aromatic carbocycles. The molecule has 1 saturated heterocycles. The van der Waals surface area contributed by atoms with Gasteiger partial charge in [0.05, 0.1) is 25.6 Å². The highest BCUT2D eigenvalue weighted by molar-refractivity contribution is 5.66. The molecule has 0 aromatic heterocycles. The zero-order valence-electron chi connectivity index (χ0n) is 18.0. The average Bonchev–Trinajstić information content (AvgIpc) is 2.78. The third-order valence-corrected chi connectivity index (χ3v) is 6.73. The van der Waals surface area contributed by atoms with Gasteiger partial charge in [-0.1, -0.05) is 31.2 Å². The Morgan fingerprint density at radius 2 is 1.76 bits per heavy atom. The largest absolute Gasteiger partial charge is 0.495 e. The summed E-state index contributed by atoms with van der Waals surface area (Å²) in [6.45, 7) is 6.45. The molecule has 2 heterocycles. The van der Waals surface area contributed by atoms with Crippen LogP contribution in [-0.4, -0.2) is 53.5 Å². The molecule has 0 radical (unpaired) electrons. The van der Waals surface area contributed by atoms with Crippen LogP contribution in [0.4, 0.5) is 11.4 Å². The van der Waals surface area contributed by atoms with Crippen molar-refractivity contribution in [3.8, 4) is 11.5 Å². The van der Waals surface area contributed by atoms with Crippen LogP contribution in [0.3, 0.4) is 0 Å². The predicted octanol–water partition coefficient (Wildman–Crippen LogP) is 3.74. The van der Waals surface area contributed by atoms with E-state index >= 15 is 0 Å². The van der Waals surface area contributed by atoms with Gasteiger partial charge < -0.3 is 24.6 Å². The summed E-state index contributed by atoms with van der Waals surface area (Å²) in [4.78, 5) is 4.90. The van der Waals surface area contributed by atoms with Gasteiger partial charge >= 0.3 is 0 Å². The third-order valence-electron chi connectivity index (χ3n) is 6.73. The minimum absolute atomic E-state index is 0.410. The lowest BCUT2D eigenvalue weighted by molar-refractivity contribution is 0.307. The molecule has 3 atom stereocenters. The first-order valence-corrected chi connectivity index (χ1v) is 10.6. The molecule has 4 rings (SSSR count). The van der Waals surface area contributed by atoms with Crippen LogP contribution in [0.1, 0.15) is 24.8 Å². The Morgan fingerprint density at radius 1 is 1.00 bits per heavy atom. The van der Waals surface area contributed by atoms with E-state index in [1.54, 1.807) is 14.2 Å². The minimum Gasteiger partial charge on any atom is -0.495 e. The first kappa shape index (κ1) is 19.9. The predicted molar refractivity (Wildman–Crippen MR) is 120 cm³/mol. The number of hydrogen-bond acceptors (Lipinski definition) is 5. The lowest BCUT2D eigenvalue weighted by atomic mass is 9.76. The van der Waals surface area contributed by atoms with Crippen LogP contribution in [0.15, 0.2) is 42.5 Å². The summed E-state index contributed by atoms with van der Waals surface area (Å²) in [7, 11) is 5.70. The van der Waals surface area contributed by atoms with Crippen molar-refractivity contribution in [1.29, 1.82) is 0 Å². The van der Waals surface area contributed by atoms with Crippen molar-refractivity contribution in [2.75, 3.05) is 57.2 Å². The second-order valence-electron chi connectivity index (χ2n) is 8.21. The van der Waals surface area contributed by atoms with Crippen LogP contribution >= 0.6 is 0 Å². The second-order valence-corrected chi connectivity index (χ2v) is 8.21. The van der Waals surface area contributed by atoms with Crippen LogP contribution < -0.4 is 24.6 Å². The van der Waals surface area contributed by atoms with E-state index in [2.05, 4.69) is 65.5 Å². The summed E-state index contributed by atoms with van der Waals surface area (Å²) in [5.74, 6) is 2.92. The highest BCUT2D eigenvalue weighted by Gasteiger charge is 2.37. The van der Waals surface area contributed by atoms with E-state index < -0.39 is 0 Å². The van der Waals surface area contributed by atoms with Gasteiger partial charge in [0, 0.05) is 39.3 Å². The first-order valence-electron chi connectivity index (χ1n) is 10.6. The monoisotopic (exact) mass is 395 g/mol. The molecule has 2 aromatic rings. The molecule has 5 heteroatoms. The molecule has 2 aliphatic heterocycles. The van der Waals surface area contributed by atoms with Crippen molar-refractivity contribution in [2.45, 2.75) is 25.3 Å². The smallest absolute Gasteiger partial charge is 0.142 e. The molecule has 3 unspecified atom stereocenters. The Bertz CT molecular complexity index is 841. The van der Waals surface area contributed by atoms with E-state index in [1.165, 1.54) is 16.9 Å². The number of benzene rings is 2. The Hall–Kier alpha value is -2.40. The van der Waals surface area contributed by atoms with Crippen LogP contribution in [-0.2, 0) is 0 Å². The lowest BCUT2D eigenvalue weighted by Gasteiger charge is -2.46. The molecule has 5 nitrogen and oxygen atoms in total. The van der Waals surface area contributed by atoms with Gasteiger partial charge in [0.2, 0.25) is 0 Å². The third kappa shape index (κ3) is 3.64. The van der Waals surface area contributed by atoms with Crippen molar-refractivity contribution in [3.63, 3.8) is 0 Å². The molecule has 2 aliphatic rings. The summed E-state index contributed by atoms with van der Waals surface area (Å²) < 4.78 is 11.4. The van der Waals surface area contributed by atoms with E-state index in [-0.39, 0.29) is 0 Å². The summed E-state index contributed by atoms with van der Waals surface area (Å²) >= 11 is 0. The van der Waals surface area contributed by atoms with Gasteiger partial charge in [0.15, 0.2) is 0 Å². The van der Waals surface area contributed by atoms with Crippen molar-refractivity contribution >= 4 is 11.4 Å². The Balaban J connectivity index is 1.68. The maximum absolute atomic E-state index is 5.70. The maximum atomic E-state index is 5.70. The van der Waals surface area contributed by atoms with Crippen LogP contribution in [0, 0.1) is 5.92 Å². The van der Waals surface area contributed by atoms with E-state index in [0.29, 0.717) is 17.9 Å². The standard InChI is InChI=1S/C24H33N3O2/c1-17(18-12-14-26(2)24-19(18)8-7-11-23(24)29-4)21-16-25-13-15-27(21)20-9-5-6-10-22(20)28-3/h5-11,17-18,21,25H,12-16H2,1-4H3. The van der Waals surface area contributed by atoms with Gasteiger partial charge in [-0.3, -0.25) is 0 Å². The Morgan fingerprint density at radius 3 is 2.55 bits per heavy atom. The van der Waals surface area contributed by atoms with Crippen molar-refractivity contribution < 1.29 is 9.47 Å². The normalized spacial score (nSPS) is 22.8. The number of para-hydroxylation sites is 3. The lowest BCUT2D eigenvalue weighted by Crippen LogP contribution is -2.55. The number of nitrogens with zero attached hydrogens (tertiary/aromatic N) is 2. The quantitative estimate of drug-likeness (QED) is 0.835. The SMILES string of the molecule is COc1ccccc1N1CCNCC1C(C)C1CCN(C)c2c(OC)cccc21. The second kappa shape index (κ2) is 8.54. The van der Waals surface area contributed by atoms with E-state index in [1.807, 2.05) is 6.07 Å². The fourth-order valence-corrected chi connectivity index (χ4v) is 5.19. The summed E-state index contributed by atoms with van der Waals surface area (Å²) in [5, 5.41) is 3.63. The van der Waals surface area contributed by atoms with Crippen LogP contribution in [0.2, 0.25) is 0 Å². The van der Waals surface area contributed by atoms with Crippen molar-refractivity contribution in [1.82, 2.24) is 5.32 Å². The highest BCUT2D eigenvalue weighted by Crippen LogP contribution is 2.46. The van der Waals surface area contributed by atoms with Gasteiger partial charge in [-0.25, -0.2) is 0 Å². The van der Waals surface area contributed by atoms with Crippen molar-refractivity contribution in [3.05, 3.63) is 48.0 Å². The molecule has 0 aliphatic carbocycles. The molecule has 0 spiro atoms. The van der Waals surface area contributed by atoms with Gasteiger partial charge in [0.1, 0.15) is 11.5 Å². The number of ether oxygens (including phenoxy) is 2. The van der Waals surface area contributed by atoms with E-state index in [9.17, 15) is 0 Å². The fourth-order valence-electron chi connectivity index (χ4n) is 5.19. The number of rotatable bonds is 5. The summed E-state index contributed by atoms with van der Waals surface area (Å²) in [6, 6.07) is 15.3. The number of piperazine rings is 1. The zero-order valence-corrected chi connectivity index (χ0v) is 18.0. The van der Waals surface area contributed by atoms with Crippen molar-refractivity contribution in [2.24, 2.45) is 5.92 Å². The molecule has 0 saturated carbocycles. The number of anilines is 2. The fraction of sp³-hybridized carbons (Fsp3) is 0.500. The van der Waals surface area contributed by atoms with Crippen LogP contribution in [0.25, 0.3) is 0 Å². The molecular weight excluding hydrogens is 362 g/mol. The van der Waals surface area contributed by atoms with Gasteiger partial charge in [-0.15, -0.1) is 0 Å². The molecule has 1 fully saturated rings. The zero-order chi connectivity index (χ0) is 20.4. The number of nitrogens with one attached hydrogen (secondary N) is 1. The first-order chi connectivity index (χ1) is 14.2. The Kier molecular flexibility index (Phi) is 5.86. The van der Waals surface area contributed by atoms with Gasteiger partial charge in [-0.2, -0.15) is 0 Å². The molecule has 156 valence electrons. The van der Waals surface area contributed by atoms with Crippen LogP contribution in [0.5, 0.6) is 11.5 Å². The molecular formula is C24H33N3O2. The maximum Gasteiger partial charge on any atom is 0.142 e. The number of hydrogen-bond donors (Lipinski definition) is 1. The molecule has 29 heavy (non-hydrogen) atoms. The van der Waals surface area contributed by atoms with E-state index in [4.69, 9.17) is 9.47 Å². The summed E-state index contributed by atoms with van der Waals surface area (Å²) in [5.41, 5.74) is 3.87. The van der Waals surface area contributed by atoms with E-state index in [0.717, 1.165) is 44.1 Å².